The molecule has 0 fully saturated rings. The largest absolute Gasteiger partial charge is 0.383 e. The summed E-state index contributed by atoms with van der Waals surface area (Å²) in [4.78, 5) is 25.9. The van der Waals surface area contributed by atoms with Gasteiger partial charge in [-0.2, -0.15) is 4.99 Å². The zero-order chi connectivity index (χ0) is 9.59. The van der Waals surface area contributed by atoms with Crippen molar-refractivity contribution in [1.82, 2.24) is 5.32 Å². The number of hydrogen-bond acceptors (Lipinski definition) is 3. The van der Waals surface area contributed by atoms with Crippen LogP contribution >= 0.6 is 0 Å². The summed E-state index contributed by atoms with van der Waals surface area (Å²) in [6, 6.07) is -0.126. The third-order valence-electron chi connectivity index (χ3n) is 2.23. The van der Waals surface area contributed by atoms with E-state index in [9.17, 15) is 9.59 Å². The van der Waals surface area contributed by atoms with Gasteiger partial charge in [0.1, 0.15) is 5.84 Å². The van der Waals surface area contributed by atoms with Gasteiger partial charge in [-0.05, 0) is 6.92 Å². The van der Waals surface area contributed by atoms with Crippen molar-refractivity contribution in [3.05, 3.63) is 11.1 Å². The molecule has 2 rings (SSSR count). The second-order valence-electron chi connectivity index (χ2n) is 3.15. The highest BCUT2D eigenvalue weighted by atomic mass is 16.2. The summed E-state index contributed by atoms with van der Waals surface area (Å²) >= 11 is 0. The van der Waals surface area contributed by atoms with Gasteiger partial charge in [0.15, 0.2) is 0 Å². The Bertz CT molecular complexity index is 368. The number of hydrogen-bond donors (Lipinski definition) is 2. The van der Waals surface area contributed by atoms with E-state index in [1.54, 1.807) is 0 Å². The Morgan fingerprint density at radius 1 is 1.54 bits per heavy atom. The number of aliphatic imine (C=N–C) groups is 1. The second-order valence-corrected chi connectivity index (χ2v) is 3.15. The van der Waals surface area contributed by atoms with Crippen LogP contribution in [0.4, 0.5) is 0 Å². The summed E-state index contributed by atoms with van der Waals surface area (Å²) in [7, 11) is 0. The van der Waals surface area contributed by atoms with Crippen LogP contribution in [-0.4, -0.2) is 23.7 Å². The first-order chi connectivity index (χ1) is 6.09. The number of carbonyl (C=O) groups is 2. The maximum absolute atomic E-state index is 11.3. The van der Waals surface area contributed by atoms with E-state index >= 15 is 0 Å². The van der Waals surface area contributed by atoms with Gasteiger partial charge in [-0.15, -0.1) is 0 Å². The minimum absolute atomic E-state index is 0.0756. The second kappa shape index (κ2) is 2.42. The Balaban J connectivity index is 2.51. The molecule has 0 aliphatic carbocycles. The maximum atomic E-state index is 11.3. The number of rotatable bonds is 0. The number of nitrogens with two attached hydrogens (primary N) is 1. The van der Waals surface area contributed by atoms with E-state index in [1.807, 2.05) is 6.92 Å². The van der Waals surface area contributed by atoms with E-state index in [0.717, 1.165) is 0 Å². The van der Waals surface area contributed by atoms with Crippen molar-refractivity contribution in [2.24, 2.45) is 10.7 Å². The summed E-state index contributed by atoms with van der Waals surface area (Å²) in [5.74, 6) is -0.369. The predicted octanol–water partition coefficient (Wildman–Crippen LogP) is -0.911. The van der Waals surface area contributed by atoms with Crippen LogP contribution in [0.15, 0.2) is 16.1 Å². The minimum atomic E-state index is -0.347. The standard InChI is InChI=1S/C8H9N3O2/c1-3-6-4(8(13)10-3)2-5(12)11-7(6)9/h3H,2H2,1H3,(H,10,13)(H2,9,11,12)/t3-/m1/s1. The van der Waals surface area contributed by atoms with Gasteiger partial charge in [0.2, 0.25) is 5.91 Å². The molecule has 13 heavy (non-hydrogen) atoms. The van der Waals surface area contributed by atoms with Crippen molar-refractivity contribution in [3.8, 4) is 0 Å². The first-order valence-electron chi connectivity index (χ1n) is 4.01. The molecule has 0 aromatic heterocycles. The molecule has 2 aliphatic rings. The lowest BCUT2D eigenvalue weighted by atomic mass is 10.00. The quantitative estimate of drug-likeness (QED) is 0.504. The Morgan fingerprint density at radius 3 is 2.92 bits per heavy atom. The maximum Gasteiger partial charge on any atom is 0.252 e. The molecule has 0 unspecified atom stereocenters. The average Bonchev–Trinajstić information content (AvgIpc) is 2.27. The molecule has 2 heterocycles. The van der Waals surface area contributed by atoms with Crippen LogP contribution in [0.5, 0.6) is 0 Å². The van der Waals surface area contributed by atoms with Gasteiger partial charge < -0.3 is 11.1 Å². The van der Waals surface area contributed by atoms with E-state index in [0.29, 0.717) is 11.1 Å². The molecule has 68 valence electrons. The zero-order valence-corrected chi connectivity index (χ0v) is 7.13. The van der Waals surface area contributed by atoms with Gasteiger partial charge in [0, 0.05) is 11.1 Å². The predicted molar refractivity (Wildman–Crippen MR) is 45.9 cm³/mol. The Kier molecular flexibility index (Phi) is 1.48. The highest BCUT2D eigenvalue weighted by molar-refractivity contribution is 6.18. The molecule has 0 aromatic carbocycles. The first-order valence-corrected chi connectivity index (χ1v) is 4.01. The van der Waals surface area contributed by atoms with Crippen molar-refractivity contribution in [1.29, 1.82) is 0 Å². The van der Waals surface area contributed by atoms with Crippen molar-refractivity contribution in [2.45, 2.75) is 19.4 Å². The molecule has 5 heteroatoms. The van der Waals surface area contributed by atoms with Crippen molar-refractivity contribution < 1.29 is 9.59 Å². The summed E-state index contributed by atoms with van der Waals surface area (Å²) in [6.45, 7) is 1.82. The van der Waals surface area contributed by atoms with E-state index in [1.165, 1.54) is 0 Å². The molecule has 0 spiro atoms. The van der Waals surface area contributed by atoms with Crippen LogP contribution in [0.3, 0.4) is 0 Å². The Morgan fingerprint density at radius 2 is 2.23 bits per heavy atom. The Labute approximate surface area is 74.7 Å². The van der Waals surface area contributed by atoms with E-state index in [2.05, 4.69) is 10.3 Å². The SMILES string of the molecule is C[C@H]1NC(=O)C2=C1C(N)=NC(=O)C2. The summed E-state index contributed by atoms with van der Waals surface area (Å²) in [5, 5.41) is 2.68. The van der Waals surface area contributed by atoms with Crippen LogP contribution in [0.25, 0.3) is 0 Å². The number of nitrogens with zero attached hydrogens (tertiary/aromatic N) is 1. The molecular formula is C8H9N3O2. The average molecular weight is 179 g/mol. The van der Waals surface area contributed by atoms with Gasteiger partial charge >= 0.3 is 0 Å². The smallest absolute Gasteiger partial charge is 0.252 e. The molecule has 2 aliphatic heterocycles. The topological polar surface area (TPSA) is 84.6 Å². The number of carbonyl (C=O) groups excluding carboxylic acids is 2. The summed E-state index contributed by atoms with van der Waals surface area (Å²) < 4.78 is 0. The number of amides is 2. The van der Waals surface area contributed by atoms with Gasteiger partial charge in [0.05, 0.1) is 12.5 Å². The summed E-state index contributed by atoms with van der Waals surface area (Å²) in [6.07, 6.45) is 0.0756. The zero-order valence-electron chi connectivity index (χ0n) is 7.13. The fraction of sp³-hybridized carbons (Fsp3) is 0.375. The van der Waals surface area contributed by atoms with E-state index in [-0.39, 0.29) is 30.1 Å². The van der Waals surface area contributed by atoms with Gasteiger partial charge in [-0.3, -0.25) is 9.59 Å². The Hall–Kier alpha value is -1.65. The highest BCUT2D eigenvalue weighted by Gasteiger charge is 2.34. The van der Waals surface area contributed by atoms with Crippen LogP contribution in [-0.2, 0) is 9.59 Å². The third-order valence-corrected chi connectivity index (χ3v) is 2.23. The lowest BCUT2D eigenvalue weighted by Gasteiger charge is -2.11. The number of dihydropyridines is 1. The molecule has 0 bridgehead atoms. The lowest BCUT2D eigenvalue weighted by molar-refractivity contribution is -0.121. The molecule has 5 nitrogen and oxygen atoms in total. The number of nitrogens with one attached hydrogen (secondary N) is 1. The fourth-order valence-electron chi connectivity index (χ4n) is 1.68. The molecule has 0 aromatic rings. The number of amidine groups is 1. The third kappa shape index (κ3) is 1.04. The minimum Gasteiger partial charge on any atom is -0.383 e. The molecular weight excluding hydrogens is 170 g/mol. The van der Waals surface area contributed by atoms with E-state index in [4.69, 9.17) is 5.73 Å². The van der Waals surface area contributed by atoms with Crippen LogP contribution in [0.1, 0.15) is 13.3 Å². The van der Waals surface area contributed by atoms with E-state index < -0.39 is 0 Å². The van der Waals surface area contributed by atoms with Crippen molar-refractivity contribution in [3.63, 3.8) is 0 Å². The van der Waals surface area contributed by atoms with Gasteiger partial charge in [-0.25, -0.2) is 0 Å². The lowest BCUT2D eigenvalue weighted by Crippen LogP contribution is -2.30. The first kappa shape index (κ1) is 7.97. The van der Waals surface area contributed by atoms with Crippen LogP contribution in [0.2, 0.25) is 0 Å². The molecule has 0 radical (unpaired) electrons. The van der Waals surface area contributed by atoms with Crippen molar-refractivity contribution in [2.75, 3.05) is 0 Å². The van der Waals surface area contributed by atoms with Crippen molar-refractivity contribution >= 4 is 17.6 Å². The molecule has 3 N–H and O–H groups in total. The van der Waals surface area contributed by atoms with Gasteiger partial charge in [-0.1, -0.05) is 0 Å². The molecule has 0 saturated carbocycles. The van der Waals surface area contributed by atoms with Crippen LogP contribution < -0.4 is 11.1 Å². The molecule has 0 saturated heterocycles. The molecule has 1 atom stereocenters. The summed E-state index contributed by atoms with van der Waals surface area (Å²) in [5.41, 5.74) is 6.70. The normalized spacial score (nSPS) is 27.2. The monoisotopic (exact) mass is 179 g/mol. The highest BCUT2D eigenvalue weighted by Crippen LogP contribution is 2.23. The fourth-order valence-corrected chi connectivity index (χ4v) is 1.68. The van der Waals surface area contributed by atoms with Crippen LogP contribution in [0, 0.1) is 0 Å². The molecule has 2 amide bonds. The van der Waals surface area contributed by atoms with Gasteiger partial charge in [0.25, 0.3) is 5.91 Å².